The molecule has 2 aliphatic heterocycles. The van der Waals surface area contributed by atoms with Gasteiger partial charge < -0.3 is 5.32 Å². The summed E-state index contributed by atoms with van der Waals surface area (Å²) in [7, 11) is 0. The highest BCUT2D eigenvalue weighted by atomic mass is 15.2. The van der Waals surface area contributed by atoms with Gasteiger partial charge in [0.15, 0.2) is 0 Å². The maximum Gasteiger partial charge on any atom is 0.0216 e. The van der Waals surface area contributed by atoms with Gasteiger partial charge in [-0.3, -0.25) is 4.90 Å². The van der Waals surface area contributed by atoms with Crippen LogP contribution in [0.15, 0.2) is 0 Å². The van der Waals surface area contributed by atoms with Crippen molar-refractivity contribution in [2.75, 3.05) is 26.2 Å². The van der Waals surface area contributed by atoms with Crippen LogP contribution in [0.1, 0.15) is 52.9 Å². The molecule has 0 radical (unpaired) electrons. The zero-order valence-corrected chi connectivity index (χ0v) is 11.8. The highest BCUT2D eigenvalue weighted by molar-refractivity contribution is 5.07. The Kier molecular flexibility index (Phi) is 2.61. The molecular formula is C15H28N2. The fourth-order valence-corrected chi connectivity index (χ4v) is 4.18. The molecule has 2 nitrogen and oxygen atoms in total. The van der Waals surface area contributed by atoms with Crippen molar-refractivity contribution in [1.29, 1.82) is 0 Å². The first kappa shape index (κ1) is 12.0. The van der Waals surface area contributed by atoms with E-state index in [1.165, 1.54) is 58.3 Å². The van der Waals surface area contributed by atoms with Crippen molar-refractivity contribution in [1.82, 2.24) is 10.2 Å². The summed E-state index contributed by atoms with van der Waals surface area (Å²) in [6.45, 7) is 12.5. The van der Waals surface area contributed by atoms with E-state index in [1.807, 2.05) is 0 Å². The van der Waals surface area contributed by atoms with Gasteiger partial charge in [0.1, 0.15) is 0 Å². The van der Waals surface area contributed by atoms with Gasteiger partial charge in [-0.1, -0.05) is 20.8 Å². The molecule has 2 heterocycles. The first-order chi connectivity index (χ1) is 7.93. The Morgan fingerprint density at radius 1 is 1.06 bits per heavy atom. The highest BCUT2D eigenvalue weighted by Gasteiger charge is 2.51. The Morgan fingerprint density at radius 3 is 2.12 bits per heavy atom. The van der Waals surface area contributed by atoms with E-state index in [2.05, 4.69) is 31.0 Å². The second kappa shape index (κ2) is 3.71. The fraction of sp³-hybridized carbons (Fsp3) is 1.00. The Bertz CT molecular complexity index is 300. The third kappa shape index (κ3) is 2.04. The first-order valence-electron chi connectivity index (χ1n) is 7.39. The van der Waals surface area contributed by atoms with Crippen molar-refractivity contribution in [2.24, 2.45) is 10.8 Å². The van der Waals surface area contributed by atoms with Crippen molar-refractivity contribution in [3.63, 3.8) is 0 Å². The Morgan fingerprint density at radius 2 is 1.76 bits per heavy atom. The first-order valence-corrected chi connectivity index (χ1v) is 7.39. The number of nitrogens with zero attached hydrogens (tertiary/aromatic N) is 1. The molecule has 2 heteroatoms. The SMILES string of the molecule is CC1(C)CCN(C2(CC3(C)CNC3)CCC2)C1. The van der Waals surface area contributed by atoms with E-state index in [1.54, 1.807) is 0 Å². The molecular weight excluding hydrogens is 208 g/mol. The topological polar surface area (TPSA) is 15.3 Å². The molecule has 0 atom stereocenters. The van der Waals surface area contributed by atoms with Gasteiger partial charge in [-0.2, -0.15) is 0 Å². The molecule has 1 saturated carbocycles. The van der Waals surface area contributed by atoms with Crippen LogP contribution in [-0.2, 0) is 0 Å². The average molecular weight is 236 g/mol. The van der Waals surface area contributed by atoms with Crippen molar-refractivity contribution in [3.05, 3.63) is 0 Å². The summed E-state index contributed by atoms with van der Waals surface area (Å²) in [6.07, 6.45) is 7.20. The van der Waals surface area contributed by atoms with E-state index in [0.29, 0.717) is 16.4 Å². The van der Waals surface area contributed by atoms with Crippen LogP contribution in [0.3, 0.4) is 0 Å². The quantitative estimate of drug-likeness (QED) is 0.810. The molecule has 17 heavy (non-hydrogen) atoms. The summed E-state index contributed by atoms with van der Waals surface area (Å²) in [5.41, 5.74) is 1.74. The van der Waals surface area contributed by atoms with Gasteiger partial charge in [-0.15, -0.1) is 0 Å². The van der Waals surface area contributed by atoms with Crippen LogP contribution in [0.25, 0.3) is 0 Å². The molecule has 1 aliphatic carbocycles. The van der Waals surface area contributed by atoms with Crippen LogP contribution in [-0.4, -0.2) is 36.6 Å². The lowest BCUT2D eigenvalue weighted by molar-refractivity contribution is -0.0269. The van der Waals surface area contributed by atoms with Crippen LogP contribution in [0.2, 0.25) is 0 Å². The molecule has 0 aromatic rings. The minimum absolute atomic E-state index is 0.557. The maximum atomic E-state index is 3.46. The van der Waals surface area contributed by atoms with Gasteiger partial charge in [0, 0.05) is 25.2 Å². The van der Waals surface area contributed by atoms with E-state index in [4.69, 9.17) is 0 Å². The summed E-state index contributed by atoms with van der Waals surface area (Å²) in [4.78, 5) is 2.85. The molecule has 0 bridgehead atoms. The summed E-state index contributed by atoms with van der Waals surface area (Å²) < 4.78 is 0. The molecule has 1 N–H and O–H groups in total. The summed E-state index contributed by atoms with van der Waals surface area (Å²) in [6, 6.07) is 0. The normalized spacial score (nSPS) is 34.1. The molecule has 3 rings (SSSR count). The molecule has 0 amide bonds. The summed E-state index contributed by atoms with van der Waals surface area (Å²) in [5.74, 6) is 0. The van der Waals surface area contributed by atoms with E-state index < -0.39 is 0 Å². The van der Waals surface area contributed by atoms with Crippen LogP contribution >= 0.6 is 0 Å². The van der Waals surface area contributed by atoms with Gasteiger partial charge in [0.25, 0.3) is 0 Å². The summed E-state index contributed by atoms with van der Waals surface area (Å²) >= 11 is 0. The monoisotopic (exact) mass is 236 g/mol. The van der Waals surface area contributed by atoms with Crippen LogP contribution in [0, 0.1) is 10.8 Å². The van der Waals surface area contributed by atoms with Crippen LogP contribution in [0.4, 0.5) is 0 Å². The predicted molar refractivity (Wildman–Crippen MR) is 72.1 cm³/mol. The van der Waals surface area contributed by atoms with Gasteiger partial charge >= 0.3 is 0 Å². The largest absolute Gasteiger partial charge is 0.316 e. The molecule has 0 unspecified atom stereocenters. The average Bonchev–Trinajstić information content (AvgIpc) is 2.50. The fourth-order valence-electron chi connectivity index (χ4n) is 4.18. The minimum atomic E-state index is 0.557. The smallest absolute Gasteiger partial charge is 0.0216 e. The zero-order chi connectivity index (χ0) is 12.1. The number of likely N-dealkylation sites (tertiary alicyclic amines) is 1. The van der Waals surface area contributed by atoms with Crippen molar-refractivity contribution in [2.45, 2.75) is 58.4 Å². The lowest BCUT2D eigenvalue weighted by Gasteiger charge is -2.55. The van der Waals surface area contributed by atoms with E-state index in [0.717, 1.165) is 0 Å². The van der Waals surface area contributed by atoms with E-state index in [9.17, 15) is 0 Å². The third-order valence-electron chi connectivity index (χ3n) is 5.49. The Hall–Kier alpha value is -0.0800. The molecule has 0 spiro atoms. The lowest BCUT2D eigenvalue weighted by Crippen LogP contribution is -2.61. The van der Waals surface area contributed by atoms with E-state index in [-0.39, 0.29) is 0 Å². The highest BCUT2D eigenvalue weighted by Crippen LogP contribution is 2.49. The maximum absolute atomic E-state index is 3.46. The van der Waals surface area contributed by atoms with Crippen molar-refractivity contribution >= 4 is 0 Å². The van der Waals surface area contributed by atoms with Crippen molar-refractivity contribution in [3.8, 4) is 0 Å². The van der Waals surface area contributed by atoms with E-state index >= 15 is 0 Å². The van der Waals surface area contributed by atoms with Crippen LogP contribution < -0.4 is 5.32 Å². The Balaban J connectivity index is 1.70. The lowest BCUT2D eigenvalue weighted by atomic mass is 9.64. The standard InChI is InChI=1S/C15H28N2/c1-13(2)7-8-17(12-13)15(5-4-6-15)9-14(3)10-16-11-14/h16H,4-12H2,1-3H3. The van der Waals surface area contributed by atoms with Gasteiger partial charge in [0.2, 0.25) is 0 Å². The number of nitrogens with one attached hydrogen (secondary N) is 1. The molecule has 3 fully saturated rings. The predicted octanol–water partition coefficient (Wildman–Crippen LogP) is 2.64. The molecule has 3 aliphatic rings. The van der Waals surface area contributed by atoms with Crippen LogP contribution in [0.5, 0.6) is 0 Å². The minimum Gasteiger partial charge on any atom is -0.316 e. The van der Waals surface area contributed by atoms with Crippen molar-refractivity contribution < 1.29 is 0 Å². The molecule has 0 aromatic carbocycles. The third-order valence-corrected chi connectivity index (χ3v) is 5.49. The zero-order valence-electron chi connectivity index (χ0n) is 11.8. The molecule has 98 valence electrons. The Labute approximate surface area is 106 Å². The second-order valence-corrected chi connectivity index (χ2v) is 8.00. The molecule has 0 aromatic heterocycles. The van der Waals surface area contributed by atoms with Gasteiger partial charge in [-0.05, 0) is 49.5 Å². The molecule has 2 saturated heterocycles. The second-order valence-electron chi connectivity index (χ2n) is 8.00. The summed E-state index contributed by atoms with van der Waals surface area (Å²) in [5, 5.41) is 3.46. The van der Waals surface area contributed by atoms with Gasteiger partial charge in [0.05, 0.1) is 0 Å². The number of hydrogen-bond acceptors (Lipinski definition) is 2. The number of hydrogen-bond donors (Lipinski definition) is 1. The van der Waals surface area contributed by atoms with Gasteiger partial charge in [-0.25, -0.2) is 0 Å². The number of rotatable bonds is 3.